The Morgan fingerprint density at radius 3 is 2.67 bits per heavy atom. The van der Waals surface area contributed by atoms with Crippen molar-refractivity contribution < 1.29 is 9.53 Å². The van der Waals surface area contributed by atoms with Gasteiger partial charge in [-0.05, 0) is 31.5 Å². The number of para-hydroxylation sites is 1. The lowest BCUT2D eigenvalue weighted by molar-refractivity contribution is 0.0601. The molecule has 0 aromatic heterocycles. The molecule has 1 saturated heterocycles. The number of methoxy groups -OCH3 is 1. The topological polar surface area (TPSA) is 58.8 Å². The number of esters is 1. The predicted octanol–water partition coefficient (Wildman–Crippen LogP) is 1.98. The van der Waals surface area contributed by atoms with Gasteiger partial charge in [0.15, 0.2) is 0 Å². The molecule has 5 nitrogen and oxygen atoms in total. The maximum absolute atomic E-state index is 12.0. The molecule has 21 heavy (non-hydrogen) atoms. The van der Waals surface area contributed by atoms with Crippen LogP contribution < -0.4 is 10.6 Å². The van der Waals surface area contributed by atoms with Gasteiger partial charge in [-0.1, -0.05) is 13.0 Å². The normalized spacial score (nSPS) is 16.7. The van der Waals surface area contributed by atoms with Gasteiger partial charge in [0.1, 0.15) is 0 Å². The molecule has 1 aliphatic rings. The molecule has 0 spiro atoms. The van der Waals surface area contributed by atoms with Crippen molar-refractivity contribution in [2.24, 2.45) is 0 Å². The summed E-state index contributed by atoms with van der Waals surface area (Å²) in [6.07, 6.45) is 2.17. The molecule has 2 rings (SSSR count). The van der Waals surface area contributed by atoms with E-state index in [1.165, 1.54) is 7.11 Å². The van der Waals surface area contributed by atoms with E-state index in [-0.39, 0.29) is 5.97 Å². The molecular formula is C16H25N3O2. The summed E-state index contributed by atoms with van der Waals surface area (Å²) in [7, 11) is 3.42. The zero-order valence-corrected chi connectivity index (χ0v) is 13.1. The number of hydrogen-bond donors (Lipinski definition) is 1. The number of nitrogens with two attached hydrogens (primary N) is 1. The fourth-order valence-electron chi connectivity index (χ4n) is 3.04. The second-order valence-corrected chi connectivity index (χ2v) is 5.51. The highest BCUT2D eigenvalue weighted by Crippen LogP contribution is 2.31. The van der Waals surface area contributed by atoms with Crippen LogP contribution in [0.25, 0.3) is 0 Å². The molecule has 1 aromatic carbocycles. The molecule has 116 valence electrons. The van der Waals surface area contributed by atoms with Crippen LogP contribution in [-0.4, -0.2) is 50.7 Å². The lowest BCUT2D eigenvalue weighted by Gasteiger charge is -2.38. The van der Waals surface area contributed by atoms with Gasteiger partial charge in [-0.15, -0.1) is 0 Å². The lowest BCUT2D eigenvalue weighted by Crippen LogP contribution is -2.44. The third-order valence-electron chi connectivity index (χ3n) is 4.38. The number of ether oxygens (including phenoxy) is 1. The average Bonchev–Trinajstić information content (AvgIpc) is 2.53. The fraction of sp³-hybridized carbons (Fsp3) is 0.562. The van der Waals surface area contributed by atoms with Crippen molar-refractivity contribution in [1.82, 2.24) is 4.90 Å². The monoisotopic (exact) mass is 291 g/mol. The molecule has 1 heterocycles. The molecule has 0 amide bonds. The van der Waals surface area contributed by atoms with E-state index in [4.69, 9.17) is 10.5 Å². The molecule has 1 aromatic rings. The van der Waals surface area contributed by atoms with Gasteiger partial charge >= 0.3 is 5.97 Å². The fourth-order valence-corrected chi connectivity index (χ4v) is 3.04. The first-order valence-electron chi connectivity index (χ1n) is 7.50. The summed E-state index contributed by atoms with van der Waals surface area (Å²) >= 11 is 0. The van der Waals surface area contributed by atoms with Crippen molar-refractivity contribution in [1.29, 1.82) is 0 Å². The standard InChI is InChI=1S/C16H25N3O2/c1-4-19-10-8-12(9-11-19)18(2)15-13(16(20)21-3)6-5-7-14(15)17/h5-7,12H,4,8-11,17H2,1-3H3. The van der Waals surface area contributed by atoms with Gasteiger partial charge in [0.25, 0.3) is 0 Å². The minimum atomic E-state index is -0.338. The first-order chi connectivity index (χ1) is 10.1. The number of piperidine rings is 1. The van der Waals surface area contributed by atoms with Crippen LogP contribution in [0, 0.1) is 0 Å². The van der Waals surface area contributed by atoms with Gasteiger partial charge in [-0.2, -0.15) is 0 Å². The van der Waals surface area contributed by atoms with Gasteiger partial charge < -0.3 is 20.3 Å². The number of likely N-dealkylation sites (tertiary alicyclic amines) is 1. The quantitative estimate of drug-likeness (QED) is 0.679. The van der Waals surface area contributed by atoms with Crippen LogP contribution in [0.2, 0.25) is 0 Å². The van der Waals surface area contributed by atoms with Crippen molar-refractivity contribution in [3.63, 3.8) is 0 Å². The number of hydrogen-bond acceptors (Lipinski definition) is 5. The van der Waals surface area contributed by atoms with Crippen LogP contribution in [0.15, 0.2) is 18.2 Å². The third kappa shape index (κ3) is 3.29. The average molecular weight is 291 g/mol. The first-order valence-corrected chi connectivity index (χ1v) is 7.50. The molecule has 0 unspecified atom stereocenters. The van der Waals surface area contributed by atoms with E-state index in [9.17, 15) is 4.79 Å². The molecule has 1 aliphatic heterocycles. The SMILES string of the molecule is CCN1CCC(N(C)c2c(N)cccc2C(=O)OC)CC1. The molecule has 0 saturated carbocycles. The van der Waals surface area contributed by atoms with E-state index >= 15 is 0 Å². The molecule has 0 bridgehead atoms. The highest BCUT2D eigenvalue weighted by atomic mass is 16.5. The maximum atomic E-state index is 12.0. The van der Waals surface area contributed by atoms with Crippen LogP contribution in [-0.2, 0) is 4.74 Å². The van der Waals surface area contributed by atoms with Gasteiger partial charge in [0.2, 0.25) is 0 Å². The van der Waals surface area contributed by atoms with Crippen molar-refractivity contribution in [3.05, 3.63) is 23.8 Å². The van der Waals surface area contributed by atoms with E-state index in [1.54, 1.807) is 12.1 Å². The first kappa shape index (κ1) is 15.6. The smallest absolute Gasteiger partial charge is 0.340 e. The highest BCUT2D eigenvalue weighted by Gasteiger charge is 2.26. The summed E-state index contributed by atoms with van der Waals surface area (Å²) in [5.41, 5.74) is 8.07. The summed E-state index contributed by atoms with van der Waals surface area (Å²) in [6.45, 7) is 5.46. The number of nitrogens with zero attached hydrogens (tertiary/aromatic N) is 2. The van der Waals surface area contributed by atoms with Crippen LogP contribution in [0.1, 0.15) is 30.1 Å². The number of nitrogen functional groups attached to an aromatic ring is 1. The van der Waals surface area contributed by atoms with Gasteiger partial charge in [0.05, 0.1) is 24.0 Å². The third-order valence-corrected chi connectivity index (χ3v) is 4.38. The van der Waals surface area contributed by atoms with Gasteiger partial charge in [0, 0.05) is 26.2 Å². The van der Waals surface area contributed by atoms with E-state index < -0.39 is 0 Å². The molecule has 0 aliphatic carbocycles. The van der Waals surface area contributed by atoms with Gasteiger partial charge in [-0.25, -0.2) is 4.79 Å². The van der Waals surface area contributed by atoms with Crippen LogP contribution in [0.5, 0.6) is 0 Å². The van der Waals surface area contributed by atoms with Crippen molar-refractivity contribution in [2.45, 2.75) is 25.8 Å². The zero-order chi connectivity index (χ0) is 15.4. The van der Waals surface area contributed by atoms with Crippen molar-refractivity contribution in [2.75, 3.05) is 44.4 Å². The largest absolute Gasteiger partial charge is 0.465 e. The Labute approximate surface area is 126 Å². The Bertz CT molecular complexity index is 496. The Hall–Kier alpha value is -1.75. The van der Waals surface area contributed by atoms with Crippen LogP contribution >= 0.6 is 0 Å². The molecule has 1 fully saturated rings. The van der Waals surface area contributed by atoms with Gasteiger partial charge in [-0.3, -0.25) is 0 Å². The highest BCUT2D eigenvalue weighted by molar-refractivity contribution is 5.99. The Kier molecular flexibility index (Phi) is 5.07. The minimum absolute atomic E-state index is 0.338. The Morgan fingerprint density at radius 2 is 2.10 bits per heavy atom. The summed E-state index contributed by atoms with van der Waals surface area (Å²) < 4.78 is 4.87. The summed E-state index contributed by atoms with van der Waals surface area (Å²) in [6, 6.07) is 5.80. The summed E-state index contributed by atoms with van der Waals surface area (Å²) in [5.74, 6) is -0.338. The van der Waals surface area contributed by atoms with E-state index in [0.717, 1.165) is 38.2 Å². The number of anilines is 2. The predicted molar refractivity (Wildman–Crippen MR) is 85.7 cm³/mol. The second-order valence-electron chi connectivity index (χ2n) is 5.51. The van der Waals surface area contributed by atoms with Crippen molar-refractivity contribution >= 4 is 17.3 Å². The molecule has 5 heteroatoms. The molecular weight excluding hydrogens is 266 g/mol. The van der Waals surface area contributed by atoms with E-state index in [1.807, 2.05) is 13.1 Å². The Balaban J connectivity index is 2.23. The molecule has 2 N–H and O–H groups in total. The van der Waals surface area contributed by atoms with E-state index in [0.29, 0.717) is 17.3 Å². The lowest BCUT2D eigenvalue weighted by atomic mass is 10.0. The molecule has 0 radical (unpaired) electrons. The summed E-state index contributed by atoms with van der Waals surface area (Å²) in [5, 5.41) is 0. The molecule has 0 atom stereocenters. The van der Waals surface area contributed by atoms with Crippen molar-refractivity contribution in [3.8, 4) is 0 Å². The number of carbonyl (C=O) groups is 1. The Morgan fingerprint density at radius 1 is 1.43 bits per heavy atom. The maximum Gasteiger partial charge on any atom is 0.340 e. The summed E-state index contributed by atoms with van der Waals surface area (Å²) in [4.78, 5) is 16.6. The number of benzene rings is 1. The second kappa shape index (κ2) is 6.80. The van der Waals surface area contributed by atoms with Crippen LogP contribution in [0.4, 0.5) is 11.4 Å². The minimum Gasteiger partial charge on any atom is -0.465 e. The number of rotatable bonds is 4. The zero-order valence-electron chi connectivity index (χ0n) is 13.1. The number of carbonyl (C=O) groups excluding carboxylic acids is 1. The van der Waals surface area contributed by atoms with E-state index in [2.05, 4.69) is 16.7 Å². The van der Waals surface area contributed by atoms with Crippen LogP contribution in [0.3, 0.4) is 0 Å².